The number of nitrogens with one attached hydrogen (secondary N) is 1. The predicted octanol–water partition coefficient (Wildman–Crippen LogP) is 3.06. The van der Waals surface area contributed by atoms with Crippen LogP contribution in [0.3, 0.4) is 0 Å². The summed E-state index contributed by atoms with van der Waals surface area (Å²) in [7, 11) is 2.06. The fourth-order valence-electron chi connectivity index (χ4n) is 2.18. The maximum absolute atomic E-state index is 3.40. The normalized spacial score (nSPS) is 20.6. The second-order valence-electron chi connectivity index (χ2n) is 3.98. The van der Waals surface area contributed by atoms with Crippen molar-refractivity contribution in [2.75, 3.05) is 12.8 Å². The molecule has 0 saturated heterocycles. The first-order valence-corrected chi connectivity index (χ1v) is 6.12. The van der Waals surface area contributed by atoms with E-state index in [2.05, 4.69) is 38.3 Å². The van der Waals surface area contributed by atoms with Crippen molar-refractivity contribution in [3.8, 4) is 0 Å². The summed E-state index contributed by atoms with van der Waals surface area (Å²) in [6, 6.07) is 5.17. The van der Waals surface area contributed by atoms with Crippen LogP contribution in [0.4, 0.5) is 0 Å². The highest BCUT2D eigenvalue weighted by Crippen LogP contribution is 2.38. The molecule has 0 spiro atoms. The molecule has 2 heteroatoms. The molecule has 0 bridgehead atoms. The molecular formula is C12H17NS. The Bertz CT molecular complexity index is 346. The van der Waals surface area contributed by atoms with E-state index >= 15 is 0 Å². The highest BCUT2D eigenvalue weighted by Gasteiger charge is 2.20. The summed E-state index contributed by atoms with van der Waals surface area (Å²) in [5.74, 6) is 1.24. The highest BCUT2D eigenvalue weighted by molar-refractivity contribution is 7.99. The summed E-state index contributed by atoms with van der Waals surface area (Å²) >= 11 is 2.00. The van der Waals surface area contributed by atoms with E-state index in [0.717, 1.165) is 0 Å². The van der Waals surface area contributed by atoms with E-state index in [1.54, 1.807) is 0 Å². The lowest BCUT2D eigenvalue weighted by atomic mass is 9.99. The smallest absolute Gasteiger partial charge is 0.0336 e. The van der Waals surface area contributed by atoms with Gasteiger partial charge in [-0.3, -0.25) is 0 Å². The van der Waals surface area contributed by atoms with E-state index in [1.165, 1.54) is 33.8 Å². The number of benzene rings is 1. The van der Waals surface area contributed by atoms with Crippen LogP contribution in [-0.2, 0) is 0 Å². The van der Waals surface area contributed by atoms with Gasteiger partial charge in [-0.15, -0.1) is 11.8 Å². The zero-order valence-electron chi connectivity index (χ0n) is 9.05. The molecule has 1 aromatic rings. The van der Waals surface area contributed by atoms with Crippen molar-refractivity contribution in [3.63, 3.8) is 0 Å². The molecule has 76 valence electrons. The number of rotatable bonds is 1. The fourth-order valence-corrected chi connectivity index (χ4v) is 3.39. The predicted molar refractivity (Wildman–Crippen MR) is 63.1 cm³/mol. The number of hydrogen-bond acceptors (Lipinski definition) is 2. The van der Waals surface area contributed by atoms with Crippen molar-refractivity contribution in [2.45, 2.75) is 31.2 Å². The second kappa shape index (κ2) is 3.95. The van der Waals surface area contributed by atoms with E-state index < -0.39 is 0 Å². The molecule has 0 fully saturated rings. The molecule has 1 aliphatic heterocycles. The van der Waals surface area contributed by atoms with E-state index in [4.69, 9.17) is 0 Å². The van der Waals surface area contributed by atoms with Crippen LogP contribution in [0.15, 0.2) is 17.0 Å². The lowest BCUT2D eigenvalue weighted by Crippen LogP contribution is -2.21. The van der Waals surface area contributed by atoms with Gasteiger partial charge in [-0.05, 0) is 44.2 Å². The molecule has 1 nitrogen and oxygen atoms in total. The Morgan fingerprint density at radius 3 is 2.86 bits per heavy atom. The van der Waals surface area contributed by atoms with Crippen LogP contribution in [-0.4, -0.2) is 12.8 Å². The van der Waals surface area contributed by atoms with Gasteiger partial charge in [-0.2, -0.15) is 0 Å². The minimum Gasteiger partial charge on any atom is -0.313 e. The summed E-state index contributed by atoms with van der Waals surface area (Å²) in [6.07, 6.45) is 1.25. The van der Waals surface area contributed by atoms with Crippen LogP contribution in [0, 0.1) is 13.8 Å². The lowest BCUT2D eigenvalue weighted by Gasteiger charge is -2.26. The molecular weight excluding hydrogens is 190 g/mol. The molecule has 1 heterocycles. The van der Waals surface area contributed by atoms with Gasteiger partial charge in [0, 0.05) is 10.9 Å². The fraction of sp³-hybridized carbons (Fsp3) is 0.500. The molecule has 0 aliphatic carbocycles. The summed E-state index contributed by atoms with van der Waals surface area (Å²) in [5, 5.41) is 3.40. The topological polar surface area (TPSA) is 12.0 Å². The Hall–Kier alpha value is -0.470. The molecule has 1 aliphatic rings. The van der Waals surface area contributed by atoms with Gasteiger partial charge in [0.2, 0.25) is 0 Å². The number of aryl methyl sites for hydroxylation is 2. The van der Waals surface area contributed by atoms with E-state index in [0.29, 0.717) is 6.04 Å². The minimum absolute atomic E-state index is 0.560. The van der Waals surface area contributed by atoms with E-state index in [-0.39, 0.29) is 0 Å². The van der Waals surface area contributed by atoms with Gasteiger partial charge in [0.25, 0.3) is 0 Å². The van der Waals surface area contributed by atoms with Gasteiger partial charge in [-0.25, -0.2) is 0 Å². The first kappa shape index (κ1) is 10.1. The van der Waals surface area contributed by atoms with E-state index in [1.807, 2.05) is 11.8 Å². The summed E-state index contributed by atoms with van der Waals surface area (Å²) < 4.78 is 0. The first-order chi connectivity index (χ1) is 6.72. The highest BCUT2D eigenvalue weighted by atomic mass is 32.2. The largest absolute Gasteiger partial charge is 0.313 e. The Balaban J connectivity index is 2.51. The lowest BCUT2D eigenvalue weighted by molar-refractivity contribution is 0.563. The number of hydrogen-bond donors (Lipinski definition) is 1. The molecule has 1 unspecified atom stereocenters. The van der Waals surface area contributed by atoms with Crippen LogP contribution in [0.1, 0.15) is 29.2 Å². The summed E-state index contributed by atoms with van der Waals surface area (Å²) in [4.78, 5) is 1.50. The van der Waals surface area contributed by atoms with Crippen LogP contribution < -0.4 is 5.32 Å². The maximum atomic E-state index is 3.40. The quantitative estimate of drug-likeness (QED) is 0.759. The molecule has 0 saturated carbocycles. The van der Waals surface area contributed by atoms with Crippen LogP contribution in [0.25, 0.3) is 0 Å². The zero-order chi connectivity index (χ0) is 10.1. The van der Waals surface area contributed by atoms with E-state index in [9.17, 15) is 0 Å². The molecule has 0 amide bonds. The monoisotopic (exact) mass is 207 g/mol. The standard InChI is InChI=1S/C12H17NS/c1-8-6-9(2)12-10(7-8)11(13-3)4-5-14-12/h6-7,11,13H,4-5H2,1-3H3. The third-order valence-electron chi connectivity index (χ3n) is 2.82. The van der Waals surface area contributed by atoms with Gasteiger partial charge in [0.15, 0.2) is 0 Å². The maximum Gasteiger partial charge on any atom is 0.0336 e. The third kappa shape index (κ3) is 1.69. The molecule has 1 atom stereocenters. The number of fused-ring (bicyclic) bond motifs is 1. The van der Waals surface area contributed by atoms with Crippen molar-refractivity contribution in [1.29, 1.82) is 0 Å². The van der Waals surface area contributed by atoms with Crippen molar-refractivity contribution >= 4 is 11.8 Å². The molecule has 2 rings (SSSR count). The van der Waals surface area contributed by atoms with Crippen LogP contribution in [0.2, 0.25) is 0 Å². The Morgan fingerprint density at radius 1 is 1.36 bits per heavy atom. The summed E-state index contributed by atoms with van der Waals surface area (Å²) in [6.45, 7) is 4.40. The Labute approximate surface area is 90.3 Å². The molecule has 14 heavy (non-hydrogen) atoms. The Morgan fingerprint density at radius 2 is 2.14 bits per heavy atom. The van der Waals surface area contributed by atoms with Crippen molar-refractivity contribution in [1.82, 2.24) is 5.32 Å². The Kier molecular flexibility index (Phi) is 2.84. The SMILES string of the molecule is CNC1CCSc2c(C)cc(C)cc21. The molecule has 1 aromatic carbocycles. The van der Waals surface area contributed by atoms with Crippen LogP contribution >= 0.6 is 11.8 Å². The van der Waals surface area contributed by atoms with Gasteiger partial charge >= 0.3 is 0 Å². The summed E-state index contributed by atoms with van der Waals surface area (Å²) in [5.41, 5.74) is 4.32. The first-order valence-electron chi connectivity index (χ1n) is 5.13. The molecule has 0 radical (unpaired) electrons. The zero-order valence-corrected chi connectivity index (χ0v) is 9.87. The second-order valence-corrected chi connectivity index (χ2v) is 5.08. The van der Waals surface area contributed by atoms with Crippen molar-refractivity contribution < 1.29 is 0 Å². The average molecular weight is 207 g/mol. The minimum atomic E-state index is 0.560. The third-order valence-corrected chi connectivity index (χ3v) is 4.11. The molecule has 0 aromatic heterocycles. The van der Waals surface area contributed by atoms with Gasteiger partial charge in [0.1, 0.15) is 0 Å². The van der Waals surface area contributed by atoms with Crippen molar-refractivity contribution in [2.24, 2.45) is 0 Å². The van der Waals surface area contributed by atoms with Crippen LogP contribution in [0.5, 0.6) is 0 Å². The number of thioether (sulfide) groups is 1. The average Bonchev–Trinajstić information content (AvgIpc) is 2.17. The van der Waals surface area contributed by atoms with Gasteiger partial charge in [-0.1, -0.05) is 17.7 Å². The van der Waals surface area contributed by atoms with Gasteiger partial charge in [0.05, 0.1) is 0 Å². The van der Waals surface area contributed by atoms with Gasteiger partial charge < -0.3 is 5.32 Å². The molecule has 1 N–H and O–H groups in total. The van der Waals surface area contributed by atoms with Crippen molar-refractivity contribution in [3.05, 3.63) is 28.8 Å².